The molecule has 4 bridgehead atoms. The molecular weight excluding hydrogens is 402 g/mol. The molecule has 2 aromatic rings. The van der Waals surface area contributed by atoms with E-state index in [0.717, 1.165) is 46.7 Å². The first kappa shape index (κ1) is 21.5. The van der Waals surface area contributed by atoms with Gasteiger partial charge in [-0.25, -0.2) is 9.78 Å². The second kappa shape index (κ2) is 8.20. The maximum atomic E-state index is 13.0. The van der Waals surface area contributed by atoms with Gasteiger partial charge < -0.3 is 15.0 Å². The van der Waals surface area contributed by atoms with Gasteiger partial charge >= 0.3 is 6.09 Å². The SMILES string of the molecule is CC(C)(C)OC(=O)NCc1nc2ccc(CC(=O)CC3C4CC5CC(C4)CC3C5)cc2[nH]1. The molecule has 4 aliphatic rings. The highest BCUT2D eigenvalue weighted by Crippen LogP contribution is 2.57. The molecule has 0 unspecified atom stereocenters. The third kappa shape index (κ3) is 4.69. The number of H-pyrrole nitrogens is 1. The fourth-order valence-corrected chi connectivity index (χ4v) is 6.71. The van der Waals surface area contributed by atoms with Crippen molar-refractivity contribution < 1.29 is 14.3 Å². The molecule has 0 saturated heterocycles. The van der Waals surface area contributed by atoms with E-state index in [1.165, 1.54) is 32.1 Å². The average Bonchev–Trinajstić information content (AvgIpc) is 3.09. The lowest BCUT2D eigenvalue weighted by molar-refractivity contribution is -0.123. The molecule has 0 radical (unpaired) electrons. The average molecular weight is 438 g/mol. The van der Waals surface area contributed by atoms with Crippen molar-refractivity contribution in [3.63, 3.8) is 0 Å². The van der Waals surface area contributed by atoms with Crippen molar-refractivity contribution in [3.8, 4) is 0 Å². The van der Waals surface area contributed by atoms with E-state index in [4.69, 9.17) is 4.74 Å². The molecule has 172 valence electrons. The summed E-state index contributed by atoms with van der Waals surface area (Å²) in [6.45, 7) is 5.77. The number of hydrogen-bond acceptors (Lipinski definition) is 4. The summed E-state index contributed by atoms with van der Waals surface area (Å²) in [5.74, 6) is 5.15. The Morgan fingerprint density at radius 2 is 1.78 bits per heavy atom. The molecule has 4 fully saturated rings. The van der Waals surface area contributed by atoms with Crippen LogP contribution >= 0.6 is 0 Å². The highest BCUT2D eigenvalue weighted by molar-refractivity contribution is 5.83. The lowest BCUT2D eigenvalue weighted by Crippen LogP contribution is -2.45. The summed E-state index contributed by atoms with van der Waals surface area (Å²) in [6.07, 6.45) is 7.69. The van der Waals surface area contributed by atoms with E-state index < -0.39 is 11.7 Å². The van der Waals surface area contributed by atoms with Gasteiger partial charge in [-0.3, -0.25) is 4.79 Å². The minimum atomic E-state index is -0.532. The number of ketones is 1. The van der Waals surface area contributed by atoms with E-state index in [0.29, 0.717) is 23.9 Å². The summed E-state index contributed by atoms with van der Waals surface area (Å²) in [5.41, 5.74) is 2.23. The quantitative estimate of drug-likeness (QED) is 0.654. The van der Waals surface area contributed by atoms with Crippen molar-refractivity contribution >= 4 is 22.9 Å². The molecule has 0 spiro atoms. The van der Waals surface area contributed by atoms with Gasteiger partial charge in [-0.15, -0.1) is 0 Å². The van der Waals surface area contributed by atoms with Crippen molar-refractivity contribution in [1.29, 1.82) is 0 Å². The predicted octanol–water partition coefficient (Wildman–Crippen LogP) is 5.16. The van der Waals surface area contributed by atoms with Gasteiger partial charge in [0.2, 0.25) is 0 Å². The number of aromatic nitrogens is 2. The summed E-state index contributed by atoms with van der Waals surface area (Å²) in [5, 5.41) is 2.73. The monoisotopic (exact) mass is 437 g/mol. The number of Topliss-reactive ketones (excluding diaryl/α,β-unsaturated/α-hetero) is 1. The first-order valence-electron chi connectivity index (χ1n) is 12.2. The van der Waals surface area contributed by atoms with Crippen LogP contribution in [0.1, 0.15) is 70.7 Å². The number of fused-ring (bicyclic) bond motifs is 1. The maximum Gasteiger partial charge on any atom is 0.408 e. The largest absolute Gasteiger partial charge is 0.444 e. The molecule has 0 atom stereocenters. The number of benzene rings is 1. The van der Waals surface area contributed by atoms with Crippen LogP contribution in [0, 0.1) is 29.6 Å². The van der Waals surface area contributed by atoms with Crippen LogP contribution in [0.15, 0.2) is 18.2 Å². The van der Waals surface area contributed by atoms with Gasteiger partial charge in [-0.05, 0) is 100 Å². The first-order chi connectivity index (χ1) is 15.2. The molecule has 1 aromatic carbocycles. The number of carbonyl (C=O) groups is 2. The molecule has 4 aliphatic carbocycles. The number of aromatic amines is 1. The summed E-state index contributed by atoms with van der Waals surface area (Å²) < 4.78 is 5.26. The Labute approximate surface area is 189 Å². The van der Waals surface area contributed by atoms with E-state index in [1.807, 2.05) is 39.0 Å². The van der Waals surface area contributed by atoms with Gasteiger partial charge in [0, 0.05) is 12.8 Å². The number of amides is 1. The Balaban J connectivity index is 1.18. The molecule has 0 aliphatic heterocycles. The Kier molecular flexibility index (Phi) is 5.50. The Hall–Kier alpha value is -2.37. The summed E-state index contributed by atoms with van der Waals surface area (Å²) in [6, 6.07) is 5.98. The van der Waals surface area contributed by atoms with E-state index >= 15 is 0 Å². The van der Waals surface area contributed by atoms with E-state index in [2.05, 4.69) is 15.3 Å². The lowest BCUT2D eigenvalue weighted by atomic mass is 9.51. The van der Waals surface area contributed by atoms with E-state index in [1.54, 1.807) is 0 Å². The summed E-state index contributed by atoms with van der Waals surface area (Å²) in [4.78, 5) is 32.6. The number of rotatable bonds is 6. The number of ether oxygens (including phenoxy) is 1. The van der Waals surface area contributed by atoms with Gasteiger partial charge in [-0.1, -0.05) is 6.07 Å². The van der Waals surface area contributed by atoms with E-state index in [9.17, 15) is 9.59 Å². The number of nitrogens with zero attached hydrogens (tertiary/aromatic N) is 1. The van der Waals surface area contributed by atoms with Crippen molar-refractivity contribution in [2.24, 2.45) is 29.6 Å². The number of hydrogen-bond donors (Lipinski definition) is 2. The van der Waals surface area contributed by atoms with Gasteiger partial charge in [0.15, 0.2) is 0 Å². The number of nitrogens with one attached hydrogen (secondary N) is 2. The molecule has 1 amide bonds. The molecule has 2 N–H and O–H groups in total. The van der Waals surface area contributed by atoms with Crippen LogP contribution in [0.4, 0.5) is 4.79 Å². The minimum Gasteiger partial charge on any atom is -0.444 e. The lowest BCUT2D eigenvalue weighted by Gasteiger charge is -2.54. The van der Waals surface area contributed by atoms with Crippen molar-refractivity contribution in [1.82, 2.24) is 15.3 Å². The number of alkyl carbamates (subject to hydrolysis) is 1. The molecule has 32 heavy (non-hydrogen) atoms. The molecule has 6 rings (SSSR count). The van der Waals surface area contributed by atoms with Crippen LogP contribution in [0.25, 0.3) is 11.0 Å². The molecule has 4 saturated carbocycles. The van der Waals surface area contributed by atoms with Crippen molar-refractivity contribution in [2.75, 3.05) is 0 Å². The standard InChI is InChI=1S/C26H35N3O3/c1-26(2,3)32-25(31)27-14-24-28-22-5-4-15(12-23(22)29-24)11-20(30)13-21-18-7-16-6-17(9-18)10-19(21)8-16/h4-5,12,16-19,21H,6-11,13-14H2,1-3H3,(H,27,31)(H,28,29). The third-order valence-electron chi connectivity index (χ3n) is 7.68. The summed E-state index contributed by atoms with van der Waals surface area (Å²) >= 11 is 0. The second-order valence-corrected chi connectivity index (χ2v) is 11.4. The Morgan fingerprint density at radius 3 is 2.44 bits per heavy atom. The van der Waals surface area contributed by atoms with Crippen LogP contribution < -0.4 is 5.32 Å². The first-order valence-corrected chi connectivity index (χ1v) is 12.2. The highest BCUT2D eigenvalue weighted by atomic mass is 16.6. The predicted molar refractivity (Wildman–Crippen MR) is 123 cm³/mol. The third-order valence-corrected chi connectivity index (χ3v) is 7.68. The fraction of sp³-hybridized carbons (Fsp3) is 0.654. The number of imidazole rings is 1. The molecular formula is C26H35N3O3. The second-order valence-electron chi connectivity index (χ2n) is 11.4. The molecule has 1 aromatic heterocycles. The Bertz CT molecular complexity index is 991. The molecule has 1 heterocycles. The zero-order valence-corrected chi connectivity index (χ0v) is 19.4. The topological polar surface area (TPSA) is 84.1 Å². The highest BCUT2D eigenvalue weighted by Gasteiger charge is 2.48. The summed E-state index contributed by atoms with van der Waals surface area (Å²) in [7, 11) is 0. The zero-order chi connectivity index (χ0) is 22.5. The smallest absolute Gasteiger partial charge is 0.408 e. The van der Waals surface area contributed by atoms with Crippen LogP contribution in [-0.4, -0.2) is 27.4 Å². The van der Waals surface area contributed by atoms with Crippen LogP contribution in [0.2, 0.25) is 0 Å². The van der Waals surface area contributed by atoms with Crippen LogP contribution in [0.5, 0.6) is 0 Å². The molecule has 6 heteroatoms. The van der Waals surface area contributed by atoms with Gasteiger partial charge in [0.25, 0.3) is 0 Å². The minimum absolute atomic E-state index is 0.268. The van der Waals surface area contributed by atoms with Crippen LogP contribution in [0.3, 0.4) is 0 Å². The normalized spacial score (nSPS) is 28.8. The van der Waals surface area contributed by atoms with Gasteiger partial charge in [0.1, 0.15) is 17.2 Å². The fourth-order valence-electron chi connectivity index (χ4n) is 6.71. The van der Waals surface area contributed by atoms with E-state index in [-0.39, 0.29) is 6.54 Å². The van der Waals surface area contributed by atoms with Crippen molar-refractivity contribution in [3.05, 3.63) is 29.6 Å². The Morgan fingerprint density at radius 1 is 1.09 bits per heavy atom. The van der Waals surface area contributed by atoms with Crippen molar-refractivity contribution in [2.45, 2.75) is 77.9 Å². The number of carbonyl (C=O) groups excluding carboxylic acids is 2. The zero-order valence-electron chi connectivity index (χ0n) is 19.4. The van der Waals surface area contributed by atoms with Gasteiger partial charge in [-0.2, -0.15) is 0 Å². The van der Waals surface area contributed by atoms with Gasteiger partial charge in [0.05, 0.1) is 17.6 Å². The van der Waals surface area contributed by atoms with Crippen LogP contribution in [-0.2, 0) is 22.5 Å². The molecule has 6 nitrogen and oxygen atoms in total. The maximum absolute atomic E-state index is 13.0.